The number of anilines is 1. The molecular weight excluding hydrogens is 192 g/mol. The van der Waals surface area contributed by atoms with Gasteiger partial charge in [-0.25, -0.2) is 4.98 Å². The molecule has 1 aliphatic rings. The van der Waals surface area contributed by atoms with Crippen LogP contribution in [0, 0.1) is 11.3 Å². The first-order valence-electron chi connectivity index (χ1n) is 4.64. The van der Waals surface area contributed by atoms with Crippen LogP contribution < -0.4 is 10.6 Å². The third kappa shape index (κ3) is 1.62. The van der Waals surface area contributed by atoms with Crippen molar-refractivity contribution in [2.24, 2.45) is 5.73 Å². The first-order valence-corrected chi connectivity index (χ1v) is 4.64. The van der Waals surface area contributed by atoms with E-state index in [2.05, 4.69) is 4.98 Å². The minimum atomic E-state index is -0.342. The lowest BCUT2D eigenvalue weighted by Gasteiger charge is -2.39. The molecule has 2 rings (SSSR count). The number of carbonyl (C=O) groups is 1. The zero-order valence-corrected chi connectivity index (χ0v) is 8.05. The molecule has 0 bridgehead atoms. The SMILES string of the molecule is N#Cc1ccnc(N2CCC2C(N)=O)c1. The van der Waals surface area contributed by atoms with Crippen LogP contribution in [-0.4, -0.2) is 23.5 Å². The quantitative estimate of drug-likeness (QED) is 0.732. The van der Waals surface area contributed by atoms with Crippen molar-refractivity contribution in [1.29, 1.82) is 5.26 Å². The van der Waals surface area contributed by atoms with Gasteiger partial charge in [-0.15, -0.1) is 0 Å². The fourth-order valence-corrected chi connectivity index (χ4v) is 1.60. The maximum absolute atomic E-state index is 11.0. The fraction of sp³-hybridized carbons (Fsp3) is 0.300. The van der Waals surface area contributed by atoms with Crippen molar-refractivity contribution < 1.29 is 4.79 Å². The van der Waals surface area contributed by atoms with Crippen molar-refractivity contribution in [3.05, 3.63) is 23.9 Å². The van der Waals surface area contributed by atoms with E-state index in [1.54, 1.807) is 18.3 Å². The number of nitrogens with zero attached hydrogens (tertiary/aromatic N) is 3. The first-order chi connectivity index (χ1) is 7.22. The molecule has 0 radical (unpaired) electrons. The molecule has 0 spiro atoms. The van der Waals surface area contributed by atoms with Gasteiger partial charge in [0.15, 0.2) is 0 Å². The summed E-state index contributed by atoms with van der Waals surface area (Å²) >= 11 is 0. The van der Waals surface area contributed by atoms with Gasteiger partial charge >= 0.3 is 0 Å². The van der Waals surface area contributed by atoms with Crippen LogP contribution in [0.3, 0.4) is 0 Å². The van der Waals surface area contributed by atoms with Crippen LogP contribution in [-0.2, 0) is 4.79 Å². The Kier molecular flexibility index (Phi) is 2.26. The summed E-state index contributed by atoms with van der Waals surface area (Å²) in [6.45, 7) is 0.759. The van der Waals surface area contributed by atoms with E-state index in [1.807, 2.05) is 11.0 Å². The lowest BCUT2D eigenvalue weighted by atomic mass is 10.0. The van der Waals surface area contributed by atoms with E-state index in [0.29, 0.717) is 11.4 Å². The Bertz CT molecular complexity index is 437. The lowest BCUT2D eigenvalue weighted by Crippen LogP contribution is -2.55. The minimum Gasteiger partial charge on any atom is -0.368 e. The summed E-state index contributed by atoms with van der Waals surface area (Å²) in [6.07, 6.45) is 2.32. The fourth-order valence-electron chi connectivity index (χ4n) is 1.60. The number of hydrogen-bond acceptors (Lipinski definition) is 4. The molecule has 1 fully saturated rings. The smallest absolute Gasteiger partial charge is 0.240 e. The Morgan fingerprint density at radius 2 is 2.53 bits per heavy atom. The van der Waals surface area contributed by atoms with Crippen LogP contribution in [0.1, 0.15) is 12.0 Å². The van der Waals surface area contributed by atoms with Crippen LogP contribution in [0.25, 0.3) is 0 Å². The molecule has 5 heteroatoms. The number of pyridine rings is 1. The number of primary amides is 1. The highest BCUT2D eigenvalue weighted by Crippen LogP contribution is 2.24. The van der Waals surface area contributed by atoms with E-state index < -0.39 is 0 Å². The summed E-state index contributed by atoms with van der Waals surface area (Å²) in [4.78, 5) is 16.9. The van der Waals surface area contributed by atoms with Gasteiger partial charge in [0, 0.05) is 12.7 Å². The van der Waals surface area contributed by atoms with Crippen LogP contribution in [0.4, 0.5) is 5.82 Å². The maximum Gasteiger partial charge on any atom is 0.240 e. The number of amides is 1. The zero-order chi connectivity index (χ0) is 10.8. The first kappa shape index (κ1) is 9.46. The van der Waals surface area contributed by atoms with Gasteiger partial charge < -0.3 is 10.6 Å². The van der Waals surface area contributed by atoms with Crippen LogP contribution in [0.15, 0.2) is 18.3 Å². The van der Waals surface area contributed by atoms with E-state index in [0.717, 1.165) is 13.0 Å². The summed E-state index contributed by atoms with van der Waals surface area (Å²) in [7, 11) is 0. The molecule has 5 nitrogen and oxygen atoms in total. The van der Waals surface area contributed by atoms with Gasteiger partial charge in [-0.2, -0.15) is 5.26 Å². The number of nitriles is 1. The van der Waals surface area contributed by atoms with E-state index in [1.165, 1.54) is 0 Å². The number of nitrogens with two attached hydrogens (primary N) is 1. The molecule has 1 amide bonds. The Labute approximate surface area is 87.1 Å². The van der Waals surface area contributed by atoms with Gasteiger partial charge in [0.25, 0.3) is 0 Å². The van der Waals surface area contributed by atoms with Crippen LogP contribution in [0.2, 0.25) is 0 Å². The molecule has 0 aliphatic carbocycles. The van der Waals surface area contributed by atoms with Gasteiger partial charge in [0.2, 0.25) is 5.91 Å². The maximum atomic E-state index is 11.0. The van der Waals surface area contributed by atoms with Gasteiger partial charge in [-0.1, -0.05) is 0 Å². The van der Waals surface area contributed by atoms with Crippen molar-refractivity contribution in [2.75, 3.05) is 11.4 Å². The highest BCUT2D eigenvalue weighted by molar-refractivity contribution is 5.85. The molecule has 1 aromatic rings. The molecule has 1 aliphatic heterocycles. The molecule has 76 valence electrons. The number of rotatable bonds is 2. The summed E-state index contributed by atoms with van der Waals surface area (Å²) in [5.41, 5.74) is 5.76. The van der Waals surface area contributed by atoms with Crippen LogP contribution in [0.5, 0.6) is 0 Å². The summed E-state index contributed by atoms with van der Waals surface area (Å²) < 4.78 is 0. The van der Waals surface area contributed by atoms with Gasteiger partial charge in [-0.3, -0.25) is 4.79 Å². The van der Waals surface area contributed by atoms with Crippen molar-refractivity contribution in [3.8, 4) is 6.07 Å². The summed E-state index contributed by atoms with van der Waals surface area (Å²) in [5.74, 6) is 0.300. The van der Waals surface area contributed by atoms with E-state index >= 15 is 0 Å². The molecule has 1 atom stereocenters. The topological polar surface area (TPSA) is 83.0 Å². The molecule has 2 N–H and O–H groups in total. The Morgan fingerprint density at radius 3 is 3.07 bits per heavy atom. The van der Waals surface area contributed by atoms with Crippen molar-refractivity contribution in [3.63, 3.8) is 0 Å². The average Bonchev–Trinajstić information content (AvgIpc) is 2.15. The zero-order valence-electron chi connectivity index (χ0n) is 8.05. The highest BCUT2D eigenvalue weighted by Gasteiger charge is 2.33. The van der Waals surface area contributed by atoms with Crippen molar-refractivity contribution >= 4 is 11.7 Å². The summed E-state index contributed by atoms with van der Waals surface area (Å²) in [6, 6.07) is 5.05. The Morgan fingerprint density at radius 1 is 1.73 bits per heavy atom. The largest absolute Gasteiger partial charge is 0.368 e. The summed E-state index contributed by atoms with van der Waals surface area (Å²) in [5, 5.41) is 8.72. The molecule has 2 heterocycles. The van der Waals surface area contributed by atoms with Crippen molar-refractivity contribution in [2.45, 2.75) is 12.5 Å². The van der Waals surface area contributed by atoms with Gasteiger partial charge in [0.1, 0.15) is 11.9 Å². The second-order valence-electron chi connectivity index (χ2n) is 3.41. The predicted molar refractivity (Wildman–Crippen MR) is 53.9 cm³/mol. The molecule has 1 saturated heterocycles. The predicted octanol–water partition coefficient (Wildman–Crippen LogP) is 0.0173. The molecule has 1 unspecified atom stereocenters. The van der Waals surface area contributed by atoms with Gasteiger partial charge in [0.05, 0.1) is 11.6 Å². The lowest BCUT2D eigenvalue weighted by molar-refractivity contribution is -0.120. The third-order valence-corrected chi connectivity index (χ3v) is 2.52. The second-order valence-corrected chi connectivity index (χ2v) is 3.41. The number of aromatic nitrogens is 1. The van der Waals surface area contributed by atoms with Crippen LogP contribution >= 0.6 is 0 Å². The third-order valence-electron chi connectivity index (χ3n) is 2.52. The normalized spacial score (nSPS) is 19.1. The molecule has 0 aromatic carbocycles. The minimum absolute atomic E-state index is 0.272. The standard InChI is InChI=1S/C10H10N4O/c11-6-7-1-3-13-9(5-7)14-4-2-8(14)10(12)15/h1,3,5,8H,2,4H2,(H2,12,15). The Balaban J connectivity index is 2.23. The van der Waals surface area contributed by atoms with E-state index in [9.17, 15) is 4.79 Å². The monoisotopic (exact) mass is 202 g/mol. The molecular formula is C10H10N4O. The number of hydrogen-bond donors (Lipinski definition) is 1. The second kappa shape index (κ2) is 3.58. The molecule has 1 aromatic heterocycles. The Hall–Kier alpha value is -2.09. The van der Waals surface area contributed by atoms with E-state index in [-0.39, 0.29) is 11.9 Å². The number of carbonyl (C=O) groups excluding carboxylic acids is 1. The van der Waals surface area contributed by atoms with Crippen molar-refractivity contribution in [1.82, 2.24) is 4.98 Å². The molecule has 0 saturated carbocycles. The highest BCUT2D eigenvalue weighted by atomic mass is 16.1. The average molecular weight is 202 g/mol. The molecule has 15 heavy (non-hydrogen) atoms. The van der Waals surface area contributed by atoms with Gasteiger partial charge in [-0.05, 0) is 18.6 Å². The van der Waals surface area contributed by atoms with E-state index in [4.69, 9.17) is 11.0 Å².